The Morgan fingerprint density at radius 1 is 1.32 bits per heavy atom. The second kappa shape index (κ2) is 8.24. The molecular formula is C14H18ClF3N2O2. The number of ether oxygens (including phenoxy) is 1. The van der Waals surface area contributed by atoms with Crippen LogP contribution in [0, 0.1) is 5.92 Å². The van der Waals surface area contributed by atoms with Crippen LogP contribution < -0.4 is 15.4 Å². The summed E-state index contributed by atoms with van der Waals surface area (Å²) in [4.78, 5) is 11.7. The van der Waals surface area contributed by atoms with Crippen LogP contribution in [0.4, 0.5) is 13.2 Å². The van der Waals surface area contributed by atoms with Gasteiger partial charge in [-0.25, -0.2) is 0 Å². The first-order chi connectivity index (χ1) is 9.94. The Balaban J connectivity index is 0.00000242. The number of para-hydroxylation sites is 1. The van der Waals surface area contributed by atoms with E-state index < -0.39 is 6.36 Å². The molecule has 2 N–H and O–H groups in total. The van der Waals surface area contributed by atoms with E-state index in [1.807, 2.05) is 0 Å². The lowest BCUT2D eigenvalue weighted by atomic mass is 10.0. The van der Waals surface area contributed by atoms with Crippen LogP contribution in [0.1, 0.15) is 12.0 Å². The lowest BCUT2D eigenvalue weighted by Gasteiger charge is -2.27. The largest absolute Gasteiger partial charge is 0.573 e. The molecule has 4 nitrogen and oxygen atoms in total. The summed E-state index contributed by atoms with van der Waals surface area (Å²) >= 11 is 0. The zero-order chi connectivity index (χ0) is 15.3. The Morgan fingerprint density at radius 2 is 2.00 bits per heavy atom. The fourth-order valence-electron chi connectivity index (χ4n) is 2.02. The maximum Gasteiger partial charge on any atom is 0.573 e. The minimum absolute atomic E-state index is 0. The number of amides is 1. The van der Waals surface area contributed by atoms with E-state index in [0.717, 1.165) is 13.1 Å². The SMILES string of the molecule is Cl.O=C(CCc1ccccc1OC(F)(F)F)NCC1CNC1. The summed E-state index contributed by atoms with van der Waals surface area (Å²) in [5.74, 6) is 0.0412. The quantitative estimate of drug-likeness (QED) is 0.836. The van der Waals surface area contributed by atoms with Crippen LogP contribution in [-0.4, -0.2) is 31.9 Å². The van der Waals surface area contributed by atoms with Crippen molar-refractivity contribution in [1.29, 1.82) is 0 Å². The van der Waals surface area contributed by atoms with Crippen LogP contribution in [0.2, 0.25) is 0 Å². The first kappa shape index (κ1) is 18.6. The minimum Gasteiger partial charge on any atom is -0.406 e. The van der Waals surface area contributed by atoms with Crippen molar-refractivity contribution in [3.8, 4) is 5.75 Å². The molecule has 1 amide bonds. The first-order valence-corrected chi connectivity index (χ1v) is 6.75. The standard InChI is InChI=1S/C14H17F3N2O2.ClH/c15-14(16,17)21-12-4-2-1-3-11(12)5-6-13(20)19-9-10-7-18-8-10;/h1-4,10,18H,5-9H2,(H,19,20);1H. The highest BCUT2D eigenvalue weighted by atomic mass is 35.5. The summed E-state index contributed by atoms with van der Waals surface area (Å²) in [7, 11) is 0. The van der Waals surface area contributed by atoms with E-state index in [1.165, 1.54) is 18.2 Å². The van der Waals surface area contributed by atoms with E-state index in [-0.39, 0.29) is 36.9 Å². The van der Waals surface area contributed by atoms with Gasteiger partial charge in [0, 0.05) is 32.0 Å². The molecule has 2 rings (SSSR count). The summed E-state index contributed by atoms with van der Waals surface area (Å²) in [6, 6.07) is 5.87. The molecule has 0 aliphatic carbocycles. The van der Waals surface area contributed by atoms with Crippen LogP contribution in [0.15, 0.2) is 24.3 Å². The van der Waals surface area contributed by atoms with Gasteiger partial charge in [-0.3, -0.25) is 4.79 Å². The predicted octanol–water partition coefficient (Wildman–Crippen LogP) is 2.28. The monoisotopic (exact) mass is 338 g/mol. The predicted molar refractivity (Wildman–Crippen MR) is 78.1 cm³/mol. The van der Waals surface area contributed by atoms with E-state index in [4.69, 9.17) is 0 Å². The molecular weight excluding hydrogens is 321 g/mol. The third-order valence-corrected chi connectivity index (χ3v) is 3.27. The van der Waals surface area contributed by atoms with Gasteiger partial charge in [-0.15, -0.1) is 25.6 Å². The number of carbonyl (C=O) groups excluding carboxylic acids is 1. The molecule has 22 heavy (non-hydrogen) atoms. The lowest BCUT2D eigenvalue weighted by Crippen LogP contribution is -2.48. The summed E-state index contributed by atoms with van der Waals surface area (Å²) < 4.78 is 40.8. The summed E-state index contributed by atoms with van der Waals surface area (Å²) in [6.45, 7) is 2.39. The van der Waals surface area contributed by atoms with Gasteiger partial charge < -0.3 is 15.4 Å². The number of hydrogen-bond donors (Lipinski definition) is 2. The van der Waals surface area contributed by atoms with Gasteiger partial charge in [0.25, 0.3) is 0 Å². The Bertz CT molecular complexity index is 493. The van der Waals surface area contributed by atoms with Crippen LogP contribution >= 0.6 is 12.4 Å². The van der Waals surface area contributed by atoms with Crippen molar-refractivity contribution in [2.24, 2.45) is 5.92 Å². The average Bonchev–Trinajstić information content (AvgIpc) is 2.34. The molecule has 0 radical (unpaired) electrons. The van der Waals surface area contributed by atoms with E-state index in [0.29, 0.717) is 18.0 Å². The Labute approximate surface area is 132 Å². The highest BCUT2D eigenvalue weighted by Gasteiger charge is 2.31. The fraction of sp³-hybridized carbons (Fsp3) is 0.500. The molecule has 0 atom stereocenters. The van der Waals surface area contributed by atoms with Crippen LogP contribution in [0.3, 0.4) is 0 Å². The lowest BCUT2D eigenvalue weighted by molar-refractivity contribution is -0.274. The van der Waals surface area contributed by atoms with Gasteiger partial charge in [-0.2, -0.15) is 0 Å². The molecule has 0 aromatic heterocycles. The first-order valence-electron chi connectivity index (χ1n) is 6.75. The number of aryl methyl sites for hydroxylation is 1. The molecule has 1 heterocycles. The zero-order valence-electron chi connectivity index (χ0n) is 11.8. The van der Waals surface area contributed by atoms with Gasteiger partial charge in [0.05, 0.1) is 0 Å². The van der Waals surface area contributed by atoms with Gasteiger partial charge in [0.1, 0.15) is 5.75 Å². The van der Waals surface area contributed by atoms with Gasteiger partial charge in [0.2, 0.25) is 5.91 Å². The third-order valence-electron chi connectivity index (χ3n) is 3.27. The Kier molecular flexibility index (Phi) is 6.96. The second-order valence-electron chi connectivity index (χ2n) is 4.98. The molecule has 0 spiro atoms. The topological polar surface area (TPSA) is 50.4 Å². The third kappa shape index (κ3) is 6.11. The smallest absolute Gasteiger partial charge is 0.406 e. The van der Waals surface area contributed by atoms with Crippen LogP contribution in [-0.2, 0) is 11.2 Å². The molecule has 1 aliphatic heterocycles. The van der Waals surface area contributed by atoms with Gasteiger partial charge in [0.15, 0.2) is 0 Å². The molecule has 0 saturated carbocycles. The molecule has 1 aliphatic rings. The van der Waals surface area contributed by atoms with Gasteiger partial charge in [-0.1, -0.05) is 18.2 Å². The maximum absolute atomic E-state index is 12.3. The van der Waals surface area contributed by atoms with E-state index in [1.54, 1.807) is 6.07 Å². The Morgan fingerprint density at radius 3 is 2.59 bits per heavy atom. The summed E-state index contributed by atoms with van der Waals surface area (Å²) in [5.41, 5.74) is 0.371. The highest BCUT2D eigenvalue weighted by molar-refractivity contribution is 5.85. The number of hydrogen-bond acceptors (Lipinski definition) is 3. The number of benzene rings is 1. The molecule has 8 heteroatoms. The van der Waals surface area contributed by atoms with E-state index in [2.05, 4.69) is 15.4 Å². The van der Waals surface area contributed by atoms with Crippen LogP contribution in [0.5, 0.6) is 5.75 Å². The van der Waals surface area contributed by atoms with Crippen molar-refractivity contribution in [3.63, 3.8) is 0 Å². The normalized spacial score (nSPS) is 14.7. The van der Waals surface area contributed by atoms with Crippen molar-refractivity contribution in [3.05, 3.63) is 29.8 Å². The molecule has 0 bridgehead atoms. The summed E-state index contributed by atoms with van der Waals surface area (Å²) in [5, 5.41) is 5.88. The molecule has 0 unspecified atom stereocenters. The summed E-state index contributed by atoms with van der Waals surface area (Å²) in [6.07, 6.45) is -4.38. The molecule has 1 saturated heterocycles. The van der Waals surface area contributed by atoms with Crippen molar-refractivity contribution in [2.75, 3.05) is 19.6 Å². The van der Waals surface area contributed by atoms with E-state index in [9.17, 15) is 18.0 Å². The fourth-order valence-corrected chi connectivity index (χ4v) is 2.02. The second-order valence-corrected chi connectivity index (χ2v) is 4.98. The average molecular weight is 339 g/mol. The number of carbonyl (C=O) groups is 1. The minimum atomic E-state index is -4.73. The van der Waals surface area contributed by atoms with Gasteiger partial charge in [-0.05, 0) is 18.1 Å². The highest BCUT2D eigenvalue weighted by Crippen LogP contribution is 2.26. The maximum atomic E-state index is 12.3. The van der Waals surface area contributed by atoms with Crippen LogP contribution in [0.25, 0.3) is 0 Å². The Hall–Kier alpha value is -1.47. The number of nitrogens with one attached hydrogen (secondary N) is 2. The molecule has 1 aromatic rings. The van der Waals surface area contributed by atoms with E-state index >= 15 is 0 Å². The molecule has 1 aromatic carbocycles. The van der Waals surface area contributed by atoms with Gasteiger partial charge >= 0.3 is 6.36 Å². The number of alkyl halides is 3. The molecule has 124 valence electrons. The number of rotatable bonds is 6. The van der Waals surface area contributed by atoms with Crippen molar-refractivity contribution >= 4 is 18.3 Å². The zero-order valence-corrected chi connectivity index (χ0v) is 12.6. The molecule has 1 fully saturated rings. The van der Waals surface area contributed by atoms with Crippen molar-refractivity contribution in [2.45, 2.75) is 19.2 Å². The number of halogens is 4. The van der Waals surface area contributed by atoms with Crippen molar-refractivity contribution < 1.29 is 22.7 Å². The van der Waals surface area contributed by atoms with Crippen molar-refractivity contribution in [1.82, 2.24) is 10.6 Å².